The topological polar surface area (TPSA) is 67.8 Å². The maximum absolute atomic E-state index is 11.8. The van der Waals surface area contributed by atoms with E-state index in [1.54, 1.807) is 37.5 Å². The van der Waals surface area contributed by atoms with Gasteiger partial charge in [-0.1, -0.05) is 12.1 Å². The van der Waals surface area contributed by atoms with Gasteiger partial charge in [0.15, 0.2) is 6.79 Å². The van der Waals surface area contributed by atoms with Crippen molar-refractivity contribution in [2.45, 2.75) is 0 Å². The smallest absolute Gasteiger partial charge is 0.248 e. The molecule has 114 valence electrons. The van der Waals surface area contributed by atoms with E-state index in [2.05, 4.69) is 5.32 Å². The van der Waals surface area contributed by atoms with Gasteiger partial charge in [-0.2, -0.15) is 0 Å². The molecule has 22 heavy (non-hydrogen) atoms. The van der Waals surface area contributed by atoms with E-state index in [-0.39, 0.29) is 18.4 Å². The maximum atomic E-state index is 11.8. The molecule has 2 rings (SSSR count). The minimum atomic E-state index is -0.245. The highest BCUT2D eigenvalue weighted by Gasteiger charge is 1.98. The third-order valence-electron chi connectivity index (χ3n) is 2.79. The summed E-state index contributed by atoms with van der Waals surface area (Å²) in [5.41, 5.74) is 1.50. The van der Waals surface area contributed by atoms with Crippen molar-refractivity contribution < 1.29 is 19.4 Å². The van der Waals surface area contributed by atoms with Crippen LogP contribution in [0.2, 0.25) is 0 Å². The molecule has 0 aliphatic heterocycles. The van der Waals surface area contributed by atoms with Crippen molar-refractivity contribution >= 4 is 17.7 Å². The number of methoxy groups -OCH3 is 1. The van der Waals surface area contributed by atoms with Gasteiger partial charge in [0.05, 0.1) is 0 Å². The Labute approximate surface area is 128 Å². The number of carbonyl (C=O) groups is 1. The molecule has 0 aliphatic carbocycles. The standard InChI is InChI=1S/C17H17NO4/c1-21-12-22-16-9-2-13(3-10-16)4-11-17(20)18-14-5-7-15(19)8-6-14/h2-11,19H,12H2,1H3,(H,18,20)/b11-4+. The summed E-state index contributed by atoms with van der Waals surface area (Å²) in [5.74, 6) is 0.613. The third-order valence-corrected chi connectivity index (χ3v) is 2.79. The molecule has 0 aliphatic rings. The molecule has 0 saturated carbocycles. The number of carbonyl (C=O) groups excluding carboxylic acids is 1. The van der Waals surface area contributed by atoms with Gasteiger partial charge in [0.2, 0.25) is 5.91 Å². The highest BCUT2D eigenvalue weighted by Crippen LogP contribution is 2.15. The minimum Gasteiger partial charge on any atom is -0.508 e. The van der Waals surface area contributed by atoms with E-state index in [1.165, 1.54) is 18.2 Å². The average Bonchev–Trinajstić information content (AvgIpc) is 2.54. The number of amides is 1. The number of nitrogens with one attached hydrogen (secondary N) is 1. The van der Waals surface area contributed by atoms with Gasteiger partial charge in [0.1, 0.15) is 11.5 Å². The van der Waals surface area contributed by atoms with Gasteiger partial charge in [0.25, 0.3) is 0 Å². The molecule has 0 fully saturated rings. The van der Waals surface area contributed by atoms with Crippen LogP contribution >= 0.6 is 0 Å². The Morgan fingerprint density at radius 2 is 1.82 bits per heavy atom. The lowest BCUT2D eigenvalue weighted by molar-refractivity contribution is -0.111. The number of phenolic OH excluding ortho intramolecular Hbond substituents is 1. The maximum Gasteiger partial charge on any atom is 0.248 e. The fourth-order valence-electron chi connectivity index (χ4n) is 1.70. The summed E-state index contributed by atoms with van der Waals surface area (Å²) in [5, 5.41) is 11.9. The molecule has 0 saturated heterocycles. The lowest BCUT2D eigenvalue weighted by Gasteiger charge is -2.04. The quantitative estimate of drug-likeness (QED) is 0.489. The van der Waals surface area contributed by atoms with Crippen LogP contribution in [-0.4, -0.2) is 24.9 Å². The van der Waals surface area contributed by atoms with Crippen molar-refractivity contribution in [2.24, 2.45) is 0 Å². The molecular formula is C17H17NO4. The lowest BCUT2D eigenvalue weighted by Crippen LogP contribution is -2.07. The van der Waals surface area contributed by atoms with Gasteiger partial charge in [0, 0.05) is 18.9 Å². The summed E-state index contributed by atoms with van der Waals surface area (Å²) >= 11 is 0. The van der Waals surface area contributed by atoms with Crippen LogP contribution in [0.1, 0.15) is 5.56 Å². The summed E-state index contributed by atoms with van der Waals surface area (Å²) in [6.45, 7) is 0.199. The molecule has 1 amide bonds. The first-order valence-corrected chi connectivity index (χ1v) is 6.67. The molecule has 2 aromatic carbocycles. The molecular weight excluding hydrogens is 282 g/mol. The number of hydrogen-bond acceptors (Lipinski definition) is 4. The molecule has 2 N–H and O–H groups in total. The first-order valence-electron chi connectivity index (χ1n) is 6.67. The molecule has 0 radical (unpaired) electrons. The van der Waals surface area contributed by atoms with Crippen LogP contribution in [0.4, 0.5) is 5.69 Å². The summed E-state index contributed by atoms with van der Waals surface area (Å²) in [4.78, 5) is 11.8. The fourth-order valence-corrected chi connectivity index (χ4v) is 1.70. The average molecular weight is 299 g/mol. The largest absolute Gasteiger partial charge is 0.508 e. The van der Waals surface area contributed by atoms with E-state index in [9.17, 15) is 9.90 Å². The second-order valence-electron chi connectivity index (χ2n) is 4.49. The van der Waals surface area contributed by atoms with Gasteiger partial charge < -0.3 is 19.9 Å². The van der Waals surface area contributed by atoms with E-state index in [0.717, 1.165) is 5.56 Å². The molecule has 0 aromatic heterocycles. The second kappa shape index (κ2) is 7.85. The number of ether oxygens (including phenoxy) is 2. The van der Waals surface area contributed by atoms with Crippen molar-refractivity contribution in [2.75, 3.05) is 19.2 Å². The SMILES string of the molecule is COCOc1ccc(/C=C/C(=O)Nc2ccc(O)cc2)cc1. The van der Waals surface area contributed by atoms with E-state index >= 15 is 0 Å². The molecule has 0 bridgehead atoms. The van der Waals surface area contributed by atoms with Gasteiger partial charge >= 0.3 is 0 Å². The van der Waals surface area contributed by atoms with Crippen molar-refractivity contribution in [1.29, 1.82) is 0 Å². The van der Waals surface area contributed by atoms with Crippen LogP contribution in [-0.2, 0) is 9.53 Å². The lowest BCUT2D eigenvalue weighted by atomic mass is 10.2. The summed E-state index contributed by atoms with van der Waals surface area (Å²) in [6.07, 6.45) is 3.15. The molecule has 2 aromatic rings. The summed E-state index contributed by atoms with van der Waals surface area (Å²) in [7, 11) is 1.56. The van der Waals surface area contributed by atoms with E-state index in [4.69, 9.17) is 9.47 Å². The zero-order chi connectivity index (χ0) is 15.8. The van der Waals surface area contributed by atoms with E-state index < -0.39 is 0 Å². The monoisotopic (exact) mass is 299 g/mol. The Balaban J connectivity index is 1.90. The Bertz CT molecular complexity index is 633. The Kier molecular flexibility index (Phi) is 5.57. The number of rotatable bonds is 6. The van der Waals surface area contributed by atoms with Crippen LogP contribution in [0.25, 0.3) is 6.08 Å². The van der Waals surface area contributed by atoms with Crippen LogP contribution in [0.15, 0.2) is 54.6 Å². The van der Waals surface area contributed by atoms with Gasteiger partial charge in [-0.15, -0.1) is 0 Å². The number of benzene rings is 2. The van der Waals surface area contributed by atoms with E-state index in [1.807, 2.05) is 12.1 Å². The van der Waals surface area contributed by atoms with Crippen LogP contribution in [0.3, 0.4) is 0 Å². The third kappa shape index (κ3) is 4.96. The highest BCUT2D eigenvalue weighted by atomic mass is 16.7. The molecule has 0 spiro atoms. The Morgan fingerprint density at radius 1 is 1.14 bits per heavy atom. The van der Waals surface area contributed by atoms with Gasteiger partial charge in [-0.05, 0) is 48.0 Å². The predicted molar refractivity (Wildman–Crippen MR) is 84.7 cm³/mol. The molecule has 5 heteroatoms. The summed E-state index contributed by atoms with van der Waals surface area (Å²) < 4.78 is 10.1. The Hall–Kier alpha value is -2.79. The van der Waals surface area contributed by atoms with Gasteiger partial charge in [-0.25, -0.2) is 0 Å². The fraction of sp³-hybridized carbons (Fsp3) is 0.118. The second-order valence-corrected chi connectivity index (χ2v) is 4.49. The minimum absolute atomic E-state index is 0.157. The summed E-state index contributed by atoms with van der Waals surface area (Å²) in [6, 6.07) is 13.6. The van der Waals surface area contributed by atoms with E-state index in [0.29, 0.717) is 11.4 Å². The van der Waals surface area contributed by atoms with Crippen molar-refractivity contribution in [3.8, 4) is 11.5 Å². The Morgan fingerprint density at radius 3 is 2.45 bits per heavy atom. The predicted octanol–water partition coefficient (Wildman–Crippen LogP) is 3.03. The molecule has 0 unspecified atom stereocenters. The van der Waals surface area contributed by atoms with Crippen LogP contribution in [0, 0.1) is 0 Å². The van der Waals surface area contributed by atoms with Crippen molar-refractivity contribution in [3.63, 3.8) is 0 Å². The van der Waals surface area contributed by atoms with Crippen LogP contribution in [0.5, 0.6) is 11.5 Å². The van der Waals surface area contributed by atoms with Crippen molar-refractivity contribution in [3.05, 3.63) is 60.2 Å². The van der Waals surface area contributed by atoms with Crippen LogP contribution < -0.4 is 10.1 Å². The first kappa shape index (κ1) is 15.6. The number of hydrogen-bond donors (Lipinski definition) is 2. The van der Waals surface area contributed by atoms with Gasteiger partial charge in [-0.3, -0.25) is 4.79 Å². The first-order chi connectivity index (χ1) is 10.7. The normalized spacial score (nSPS) is 10.6. The number of anilines is 1. The zero-order valence-corrected chi connectivity index (χ0v) is 12.2. The number of phenols is 1. The van der Waals surface area contributed by atoms with Crippen molar-refractivity contribution in [1.82, 2.24) is 0 Å². The molecule has 5 nitrogen and oxygen atoms in total. The molecule has 0 atom stereocenters. The number of aromatic hydroxyl groups is 1. The highest BCUT2D eigenvalue weighted by molar-refractivity contribution is 6.01. The molecule has 0 heterocycles. The zero-order valence-electron chi connectivity index (χ0n) is 12.2.